The Morgan fingerprint density at radius 3 is 1.53 bits per heavy atom. The molecule has 58 heavy (non-hydrogen) atoms. The van der Waals surface area contributed by atoms with Crippen molar-refractivity contribution >= 4 is 59.4 Å². The smallest absolute Gasteiger partial charge is 0.326 e. The monoisotopic (exact) mass is 822 g/mol. The minimum Gasteiger partial charge on any atom is -0.508 e. The minimum atomic E-state index is -1.85. The Kier molecular flexibility index (Phi) is 21.0. The van der Waals surface area contributed by atoms with Crippen molar-refractivity contribution in [3.05, 3.63) is 29.8 Å². The minimum absolute atomic E-state index is 0.0103. The fourth-order valence-corrected chi connectivity index (χ4v) is 5.15. The number of aliphatic carboxylic acids is 3. The number of rotatable bonds is 26. The van der Waals surface area contributed by atoms with E-state index in [1.54, 1.807) is 0 Å². The van der Waals surface area contributed by atoms with E-state index in [0.29, 0.717) is 5.56 Å². The molecule has 24 heteroatoms. The molecule has 0 radical (unpaired) electrons. The predicted molar refractivity (Wildman–Crippen MR) is 206 cm³/mol. The van der Waals surface area contributed by atoms with Gasteiger partial charge < -0.3 is 75.7 Å². The van der Waals surface area contributed by atoms with Crippen molar-refractivity contribution in [2.45, 2.75) is 95.0 Å². The Bertz CT molecular complexity index is 1660. The average molecular weight is 823 g/mol. The van der Waals surface area contributed by atoms with E-state index in [4.69, 9.17) is 33.8 Å². The van der Waals surface area contributed by atoms with Gasteiger partial charge in [-0.3, -0.25) is 43.5 Å². The van der Waals surface area contributed by atoms with Crippen LogP contribution in [0.4, 0.5) is 0 Å². The summed E-state index contributed by atoms with van der Waals surface area (Å²) >= 11 is 0. The van der Waals surface area contributed by atoms with Crippen molar-refractivity contribution in [1.82, 2.24) is 26.6 Å². The van der Waals surface area contributed by atoms with Crippen LogP contribution in [0.5, 0.6) is 5.75 Å². The summed E-state index contributed by atoms with van der Waals surface area (Å²) in [6.07, 6.45) is -2.03. The summed E-state index contributed by atoms with van der Waals surface area (Å²) in [6.45, 7) is 3.09. The first-order valence-electron chi connectivity index (χ1n) is 17.9. The van der Waals surface area contributed by atoms with Gasteiger partial charge in [0, 0.05) is 19.5 Å². The summed E-state index contributed by atoms with van der Waals surface area (Å²) in [6, 6.07) is -3.81. The fraction of sp³-hybridized carbons (Fsp3) is 0.529. The topological polar surface area (TPSA) is 432 Å². The molecule has 0 unspecified atom stereocenters. The molecule has 1 rings (SSSR count). The third-order valence-electron chi connectivity index (χ3n) is 8.14. The molecule has 0 aliphatic heterocycles. The van der Waals surface area contributed by atoms with Crippen LogP contribution in [0, 0.1) is 5.92 Å². The second kappa shape index (κ2) is 24.7. The molecular weight excluding hydrogens is 768 g/mol. The second-order valence-electron chi connectivity index (χ2n) is 13.4. The Balaban J connectivity index is 3.46. The number of nitrogens with zero attached hydrogens (tertiary/aromatic N) is 2. The highest BCUT2D eigenvalue weighted by Crippen LogP contribution is 2.13. The van der Waals surface area contributed by atoms with Crippen LogP contribution in [0.3, 0.4) is 0 Å². The number of carbonyl (C=O) groups is 8. The Morgan fingerprint density at radius 2 is 1.05 bits per heavy atom. The number of aliphatic imine (C=N–C) groups is 2. The molecule has 19 N–H and O–H groups in total. The van der Waals surface area contributed by atoms with Crippen molar-refractivity contribution in [3.63, 3.8) is 0 Å². The number of phenols is 1. The molecule has 0 aliphatic carbocycles. The zero-order valence-corrected chi connectivity index (χ0v) is 32.1. The number of carboxylic acids is 3. The van der Waals surface area contributed by atoms with Crippen molar-refractivity contribution < 1.29 is 58.8 Å². The van der Waals surface area contributed by atoms with Crippen molar-refractivity contribution in [3.8, 4) is 5.75 Å². The third-order valence-corrected chi connectivity index (χ3v) is 8.14. The number of nitrogens with one attached hydrogen (secondary N) is 5. The van der Waals surface area contributed by atoms with Gasteiger partial charge in [-0.1, -0.05) is 26.0 Å². The number of aromatic hydroxyl groups is 1. The maximum atomic E-state index is 13.9. The van der Waals surface area contributed by atoms with Gasteiger partial charge in [-0.2, -0.15) is 0 Å². The van der Waals surface area contributed by atoms with Crippen LogP contribution in [0.25, 0.3) is 0 Å². The van der Waals surface area contributed by atoms with Crippen molar-refractivity contribution in [2.75, 3.05) is 13.1 Å². The molecule has 5 amide bonds. The van der Waals surface area contributed by atoms with Crippen LogP contribution in [0.1, 0.15) is 57.9 Å². The lowest BCUT2D eigenvalue weighted by Gasteiger charge is -2.27. The predicted octanol–water partition coefficient (Wildman–Crippen LogP) is -4.52. The molecule has 0 heterocycles. The highest BCUT2D eigenvalue weighted by molar-refractivity contribution is 5.98. The van der Waals surface area contributed by atoms with Gasteiger partial charge in [-0.05, 0) is 49.3 Å². The molecule has 0 spiro atoms. The van der Waals surface area contributed by atoms with E-state index in [1.807, 2.05) is 0 Å². The molecule has 0 aliphatic rings. The quantitative estimate of drug-likeness (QED) is 0.0238. The number of carboxylic acid groups (broad SMARTS) is 3. The summed E-state index contributed by atoms with van der Waals surface area (Å²) in [5.74, 6) is -10.7. The number of phenolic OH excluding ortho intramolecular Hbond substituents is 1. The molecule has 1 aromatic carbocycles. The molecule has 0 fully saturated rings. The first-order valence-corrected chi connectivity index (χ1v) is 17.9. The summed E-state index contributed by atoms with van der Waals surface area (Å²) in [4.78, 5) is 110. The molecule has 24 nitrogen and oxygen atoms in total. The Hall–Kier alpha value is -6.72. The highest BCUT2D eigenvalue weighted by Gasteiger charge is 2.34. The molecule has 0 aromatic heterocycles. The zero-order valence-electron chi connectivity index (χ0n) is 32.1. The van der Waals surface area contributed by atoms with Gasteiger partial charge in [0.2, 0.25) is 29.5 Å². The van der Waals surface area contributed by atoms with Gasteiger partial charge >= 0.3 is 17.9 Å². The normalized spacial score (nSPS) is 13.9. The summed E-state index contributed by atoms with van der Waals surface area (Å²) in [5.41, 5.74) is 27.4. The van der Waals surface area contributed by atoms with E-state index < -0.39 is 102 Å². The second-order valence-corrected chi connectivity index (χ2v) is 13.4. The molecule has 0 saturated heterocycles. The molecule has 322 valence electrons. The number of benzene rings is 1. The van der Waals surface area contributed by atoms with E-state index in [-0.39, 0.29) is 62.9 Å². The molecule has 0 bridgehead atoms. The molecular formula is C34H54N12O12. The number of carbonyl (C=O) groups excluding carboxylic acids is 5. The van der Waals surface area contributed by atoms with E-state index in [2.05, 4.69) is 36.6 Å². The lowest BCUT2D eigenvalue weighted by atomic mass is 10.0. The van der Waals surface area contributed by atoms with Gasteiger partial charge in [0.25, 0.3) is 0 Å². The number of amides is 5. The summed E-state index contributed by atoms with van der Waals surface area (Å²) < 4.78 is 0. The van der Waals surface area contributed by atoms with Crippen LogP contribution in [0.2, 0.25) is 0 Å². The summed E-state index contributed by atoms with van der Waals surface area (Å²) in [7, 11) is 0. The first-order chi connectivity index (χ1) is 27.1. The van der Waals surface area contributed by atoms with Gasteiger partial charge in [0.1, 0.15) is 36.0 Å². The van der Waals surface area contributed by atoms with Gasteiger partial charge in [-0.25, -0.2) is 4.79 Å². The number of hydrogen-bond acceptors (Lipinski definition) is 12. The number of guanidine groups is 2. The highest BCUT2D eigenvalue weighted by atomic mass is 16.4. The maximum Gasteiger partial charge on any atom is 0.326 e. The largest absolute Gasteiger partial charge is 0.508 e. The Morgan fingerprint density at radius 1 is 0.603 bits per heavy atom. The summed E-state index contributed by atoms with van der Waals surface area (Å²) in [5, 5.41) is 49.9. The maximum absolute atomic E-state index is 13.9. The molecule has 1 aromatic rings. The number of nitrogens with two attached hydrogens (primary N) is 5. The lowest BCUT2D eigenvalue weighted by molar-refractivity contribution is -0.142. The lowest BCUT2D eigenvalue weighted by Crippen LogP contribution is -2.60. The van der Waals surface area contributed by atoms with Crippen LogP contribution >= 0.6 is 0 Å². The van der Waals surface area contributed by atoms with Gasteiger partial charge in [0.15, 0.2) is 11.9 Å². The fourth-order valence-electron chi connectivity index (χ4n) is 5.15. The van der Waals surface area contributed by atoms with Crippen LogP contribution in [-0.4, -0.2) is 129 Å². The van der Waals surface area contributed by atoms with Crippen LogP contribution in [0.15, 0.2) is 34.3 Å². The Labute approximate surface area is 332 Å². The molecule has 0 saturated carbocycles. The first kappa shape index (κ1) is 49.3. The molecule has 6 atom stereocenters. The third kappa shape index (κ3) is 19.2. The van der Waals surface area contributed by atoms with E-state index >= 15 is 0 Å². The van der Waals surface area contributed by atoms with Gasteiger partial charge in [-0.15, -0.1) is 0 Å². The van der Waals surface area contributed by atoms with Crippen molar-refractivity contribution in [2.24, 2.45) is 44.6 Å². The van der Waals surface area contributed by atoms with E-state index in [1.165, 1.54) is 38.1 Å². The average Bonchev–Trinajstić information content (AvgIpc) is 3.11. The zero-order chi connectivity index (χ0) is 44.1. The van der Waals surface area contributed by atoms with E-state index in [0.717, 1.165) is 0 Å². The SMILES string of the molecule is CC(C)[C@H](NC(=O)[C@@H](N)CC(=O)O)C(=O)N[C@@H](CC(=O)O)C(=O)N[C@@H](Cc1ccc(O)cc1)C(=O)N[C@@H](CCCN=C(N)N)C(=O)N[C@@H](CCCN=C(N)N)C(=O)O. The van der Waals surface area contributed by atoms with E-state index in [9.17, 15) is 53.7 Å². The van der Waals surface area contributed by atoms with Gasteiger partial charge in [0.05, 0.1) is 18.9 Å². The van der Waals surface area contributed by atoms with Crippen LogP contribution in [-0.2, 0) is 44.8 Å². The van der Waals surface area contributed by atoms with Crippen LogP contribution < -0.4 is 55.3 Å². The standard InChI is InChI=1S/C34H54N12O12/c1-16(2)26(46-27(52)19(35)14-24(48)49)31(56)45-23(15-25(50)51)30(55)44-22(13-17-7-9-18(47)10-8-17)29(54)42-20(5-3-11-40-33(36)37)28(53)43-21(32(57)58)6-4-12-41-34(38)39/h7-10,16,19-23,26,47H,3-6,11-15,35H2,1-2H3,(H,42,54)(H,43,53)(H,44,55)(H,45,56)(H,46,52)(H,48,49)(H,50,51)(H,57,58)(H4,36,37,40)(H4,38,39,41)/t19-,20-,21-,22-,23-,26-/m0/s1. The van der Waals surface area contributed by atoms with Crippen molar-refractivity contribution in [1.29, 1.82) is 0 Å². The number of hydrogen-bond donors (Lipinski definition) is 14.